The fourth-order valence-corrected chi connectivity index (χ4v) is 1.83. The van der Waals surface area contributed by atoms with Crippen molar-refractivity contribution in [2.75, 3.05) is 0 Å². The quantitative estimate of drug-likeness (QED) is 0.870. The summed E-state index contributed by atoms with van der Waals surface area (Å²) >= 11 is 6.06. The molecule has 16 heavy (non-hydrogen) atoms. The van der Waals surface area contributed by atoms with E-state index in [0.29, 0.717) is 17.6 Å². The molecule has 0 radical (unpaired) electrons. The topological polar surface area (TPSA) is 53.6 Å². The Balaban J connectivity index is 2.06. The molecule has 5 heteroatoms. The minimum Gasteiger partial charge on any atom is -0.298 e. The van der Waals surface area contributed by atoms with Crippen LogP contribution < -0.4 is 5.32 Å². The summed E-state index contributed by atoms with van der Waals surface area (Å²) in [6, 6.07) is 2.61. The SMILES string of the molecule is Cc1nn(CC(C#N)NC2CC2)c(C)c1Cl. The van der Waals surface area contributed by atoms with Crippen molar-refractivity contribution in [3.8, 4) is 6.07 Å². The van der Waals surface area contributed by atoms with Crippen molar-refractivity contribution in [3.05, 3.63) is 16.4 Å². The Morgan fingerprint density at radius 2 is 2.31 bits per heavy atom. The molecule has 1 aromatic heterocycles. The molecule has 1 unspecified atom stereocenters. The van der Waals surface area contributed by atoms with Gasteiger partial charge in [-0.3, -0.25) is 10.00 Å². The highest BCUT2D eigenvalue weighted by atomic mass is 35.5. The van der Waals surface area contributed by atoms with Gasteiger partial charge < -0.3 is 0 Å². The number of aromatic nitrogens is 2. The zero-order valence-corrected chi connectivity index (χ0v) is 10.3. The number of rotatable bonds is 4. The molecule has 1 saturated carbocycles. The summed E-state index contributed by atoms with van der Waals surface area (Å²) in [5.41, 5.74) is 1.75. The predicted octanol–water partition coefficient (Wildman–Crippen LogP) is 1.80. The monoisotopic (exact) mass is 238 g/mol. The second-order valence-corrected chi connectivity index (χ2v) is 4.67. The lowest BCUT2D eigenvalue weighted by Crippen LogP contribution is -2.34. The van der Waals surface area contributed by atoms with Crippen molar-refractivity contribution >= 4 is 11.6 Å². The Bertz CT molecular complexity index is 428. The Hall–Kier alpha value is -1.05. The highest BCUT2D eigenvalue weighted by Gasteiger charge is 2.25. The Kier molecular flexibility index (Phi) is 3.17. The van der Waals surface area contributed by atoms with E-state index in [4.69, 9.17) is 16.9 Å². The van der Waals surface area contributed by atoms with Crippen LogP contribution >= 0.6 is 11.6 Å². The van der Waals surface area contributed by atoms with Gasteiger partial charge in [-0.2, -0.15) is 10.4 Å². The van der Waals surface area contributed by atoms with E-state index < -0.39 is 0 Å². The van der Waals surface area contributed by atoms with Crippen LogP contribution in [0.15, 0.2) is 0 Å². The minimum atomic E-state index is -0.179. The third kappa shape index (κ3) is 2.37. The summed E-state index contributed by atoms with van der Waals surface area (Å²) in [5, 5.41) is 17.3. The van der Waals surface area contributed by atoms with Gasteiger partial charge in [0.05, 0.1) is 29.0 Å². The molecule has 1 atom stereocenters. The van der Waals surface area contributed by atoms with Gasteiger partial charge in [-0.15, -0.1) is 0 Å². The number of nitriles is 1. The normalized spacial score (nSPS) is 17.1. The predicted molar refractivity (Wildman–Crippen MR) is 62.3 cm³/mol. The van der Waals surface area contributed by atoms with Gasteiger partial charge in [0, 0.05) is 6.04 Å². The molecule has 4 nitrogen and oxygen atoms in total. The van der Waals surface area contributed by atoms with E-state index in [1.165, 1.54) is 12.8 Å². The third-order valence-corrected chi connectivity index (χ3v) is 3.37. The maximum absolute atomic E-state index is 9.04. The number of aryl methyl sites for hydroxylation is 1. The van der Waals surface area contributed by atoms with Crippen LogP contribution in [0.2, 0.25) is 5.02 Å². The van der Waals surface area contributed by atoms with Gasteiger partial charge >= 0.3 is 0 Å². The van der Waals surface area contributed by atoms with Crippen LogP contribution in [0.5, 0.6) is 0 Å². The average molecular weight is 239 g/mol. The molecule has 86 valence electrons. The number of hydrogen-bond donors (Lipinski definition) is 1. The first-order valence-electron chi connectivity index (χ1n) is 5.47. The molecule has 1 aliphatic carbocycles. The molecule has 0 saturated heterocycles. The standard InChI is InChI=1S/C11H15ClN4/c1-7-11(12)8(2)16(15-7)6-10(5-13)14-9-3-4-9/h9-10,14H,3-4,6H2,1-2H3. The summed E-state index contributed by atoms with van der Waals surface area (Å²) in [4.78, 5) is 0. The van der Waals surface area contributed by atoms with Crippen LogP contribution in [0, 0.1) is 25.2 Å². The fourth-order valence-electron chi connectivity index (χ4n) is 1.69. The van der Waals surface area contributed by atoms with Gasteiger partial charge in [-0.25, -0.2) is 0 Å². The van der Waals surface area contributed by atoms with Gasteiger partial charge in [0.15, 0.2) is 0 Å². The minimum absolute atomic E-state index is 0.179. The molecule has 1 N–H and O–H groups in total. The van der Waals surface area contributed by atoms with Gasteiger partial charge in [0.1, 0.15) is 6.04 Å². The van der Waals surface area contributed by atoms with Crippen LogP contribution in [0.3, 0.4) is 0 Å². The van der Waals surface area contributed by atoms with Crippen LogP contribution in [0.1, 0.15) is 24.2 Å². The Morgan fingerprint density at radius 3 is 2.75 bits per heavy atom. The summed E-state index contributed by atoms with van der Waals surface area (Å²) in [5.74, 6) is 0. The lowest BCUT2D eigenvalue weighted by Gasteiger charge is -2.11. The second kappa shape index (κ2) is 4.44. The maximum Gasteiger partial charge on any atom is 0.115 e. The highest BCUT2D eigenvalue weighted by Crippen LogP contribution is 2.21. The maximum atomic E-state index is 9.04. The summed E-state index contributed by atoms with van der Waals surface area (Å²) in [7, 11) is 0. The molecule has 1 heterocycles. The molecule has 1 aromatic rings. The number of nitrogens with one attached hydrogen (secondary N) is 1. The van der Waals surface area contributed by atoms with E-state index in [0.717, 1.165) is 11.4 Å². The van der Waals surface area contributed by atoms with E-state index in [2.05, 4.69) is 16.5 Å². The zero-order chi connectivity index (χ0) is 11.7. The van der Waals surface area contributed by atoms with E-state index in [-0.39, 0.29) is 6.04 Å². The van der Waals surface area contributed by atoms with Crippen LogP contribution in [0.25, 0.3) is 0 Å². The summed E-state index contributed by atoms with van der Waals surface area (Å²) < 4.78 is 1.81. The molecule has 0 amide bonds. The van der Waals surface area contributed by atoms with E-state index >= 15 is 0 Å². The molecular weight excluding hydrogens is 224 g/mol. The number of hydrogen-bond acceptors (Lipinski definition) is 3. The first-order chi connectivity index (χ1) is 7.61. The Labute approximate surface area is 100 Å². The lowest BCUT2D eigenvalue weighted by atomic mass is 10.3. The molecular formula is C11H15ClN4. The molecule has 0 bridgehead atoms. The van der Waals surface area contributed by atoms with Gasteiger partial charge in [-0.1, -0.05) is 11.6 Å². The van der Waals surface area contributed by atoms with Crippen molar-refractivity contribution in [2.24, 2.45) is 0 Å². The molecule has 1 aliphatic rings. The second-order valence-electron chi connectivity index (χ2n) is 4.29. The summed E-state index contributed by atoms with van der Waals surface area (Å²) in [6.07, 6.45) is 2.35. The first kappa shape index (κ1) is 11.4. The number of nitrogens with zero attached hydrogens (tertiary/aromatic N) is 3. The van der Waals surface area contributed by atoms with Crippen molar-refractivity contribution in [1.82, 2.24) is 15.1 Å². The smallest absolute Gasteiger partial charge is 0.115 e. The van der Waals surface area contributed by atoms with Crippen molar-refractivity contribution < 1.29 is 0 Å². The third-order valence-electron chi connectivity index (χ3n) is 2.82. The zero-order valence-electron chi connectivity index (χ0n) is 9.50. The van der Waals surface area contributed by atoms with Crippen molar-refractivity contribution in [3.63, 3.8) is 0 Å². The van der Waals surface area contributed by atoms with Gasteiger partial charge in [-0.05, 0) is 26.7 Å². The van der Waals surface area contributed by atoms with E-state index in [1.54, 1.807) is 4.68 Å². The van der Waals surface area contributed by atoms with Crippen LogP contribution in [-0.2, 0) is 6.54 Å². The Morgan fingerprint density at radius 1 is 1.62 bits per heavy atom. The molecule has 0 aromatic carbocycles. The summed E-state index contributed by atoms with van der Waals surface area (Å²) in [6.45, 7) is 4.36. The van der Waals surface area contributed by atoms with Gasteiger partial charge in [0.25, 0.3) is 0 Å². The van der Waals surface area contributed by atoms with Crippen molar-refractivity contribution in [1.29, 1.82) is 5.26 Å². The largest absolute Gasteiger partial charge is 0.298 e. The molecule has 0 aliphatic heterocycles. The van der Waals surface area contributed by atoms with Crippen LogP contribution in [-0.4, -0.2) is 21.9 Å². The van der Waals surface area contributed by atoms with E-state index in [9.17, 15) is 0 Å². The van der Waals surface area contributed by atoms with Crippen LogP contribution in [0.4, 0.5) is 0 Å². The van der Waals surface area contributed by atoms with Crippen molar-refractivity contribution in [2.45, 2.75) is 45.3 Å². The first-order valence-corrected chi connectivity index (χ1v) is 5.84. The molecule has 1 fully saturated rings. The molecule has 2 rings (SSSR count). The lowest BCUT2D eigenvalue weighted by molar-refractivity contribution is 0.480. The highest BCUT2D eigenvalue weighted by molar-refractivity contribution is 6.31. The average Bonchev–Trinajstić information content (AvgIpc) is 3.04. The fraction of sp³-hybridized carbons (Fsp3) is 0.636. The number of halogens is 1. The van der Waals surface area contributed by atoms with E-state index in [1.807, 2.05) is 13.8 Å². The van der Waals surface area contributed by atoms with Gasteiger partial charge in [0.2, 0.25) is 0 Å². The molecule has 0 spiro atoms.